The van der Waals surface area contributed by atoms with Crippen LogP contribution in [0.1, 0.15) is 40.0 Å². The van der Waals surface area contributed by atoms with Crippen LogP contribution < -0.4 is 10.6 Å². The number of nitro benzene ring substituents is 1. The number of rotatable bonds is 8. The average molecular weight is 265 g/mol. The molecule has 106 valence electrons. The Morgan fingerprint density at radius 2 is 1.89 bits per heavy atom. The number of nitrogens with one attached hydrogen (secondary N) is 2. The SMILES string of the molecule is CCCC(CC)Nc1cc(NCC)cc([N+](=O)[O-])c1. The smallest absolute Gasteiger partial charge is 0.273 e. The predicted molar refractivity (Wildman–Crippen MR) is 79.9 cm³/mol. The molecule has 2 N–H and O–H groups in total. The molecule has 1 aromatic rings. The minimum atomic E-state index is -0.354. The van der Waals surface area contributed by atoms with Crippen molar-refractivity contribution in [3.05, 3.63) is 28.3 Å². The van der Waals surface area contributed by atoms with Crippen LogP contribution in [0.15, 0.2) is 18.2 Å². The van der Waals surface area contributed by atoms with Crippen molar-refractivity contribution in [1.29, 1.82) is 0 Å². The Labute approximate surface area is 114 Å². The molecule has 5 nitrogen and oxygen atoms in total. The fraction of sp³-hybridized carbons (Fsp3) is 0.571. The molecular formula is C14H23N3O2. The van der Waals surface area contributed by atoms with Crippen LogP contribution in [0.4, 0.5) is 17.1 Å². The van der Waals surface area contributed by atoms with Crippen molar-refractivity contribution in [1.82, 2.24) is 0 Å². The standard InChI is InChI=1S/C14H23N3O2/c1-4-7-11(5-2)16-13-8-12(15-6-3)9-14(10-13)17(18)19/h8-11,15-16H,4-7H2,1-3H3. The molecule has 1 rings (SSSR count). The Hall–Kier alpha value is -1.78. The molecule has 0 aromatic heterocycles. The first kappa shape index (κ1) is 15.3. The largest absolute Gasteiger partial charge is 0.385 e. The summed E-state index contributed by atoms with van der Waals surface area (Å²) in [6.07, 6.45) is 3.17. The Balaban J connectivity index is 2.94. The second-order valence-electron chi connectivity index (χ2n) is 4.59. The molecule has 0 fully saturated rings. The number of hydrogen-bond donors (Lipinski definition) is 2. The third-order valence-electron chi connectivity index (χ3n) is 3.01. The summed E-state index contributed by atoms with van der Waals surface area (Å²) in [5.41, 5.74) is 1.71. The first-order valence-corrected chi connectivity index (χ1v) is 6.90. The van der Waals surface area contributed by atoms with Crippen molar-refractivity contribution >= 4 is 17.1 Å². The Bertz CT molecular complexity index is 421. The van der Waals surface area contributed by atoms with E-state index in [1.54, 1.807) is 12.1 Å². The number of nitrogens with zero attached hydrogens (tertiary/aromatic N) is 1. The molecule has 1 unspecified atom stereocenters. The predicted octanol–water partition coefficient (Wildman–Crippen LogP) is 4.02. The van der Waals surface area contributed by atoms with Crippen molar-refractivity contribution in [2.45, 2.75) is 46.1 Å². The first-order chi connectivity index (χ1) is 9.10. The summed E-state index contributed by atoms with van der Waals surface area (Å²) in [7, 11) is 0. The molecule has 1 aromatic carbocycles. The zero-order valence-electron chi connectivity index (χ0n) is 11.9. The van der Waals surface area contributed by atoms with Gasteiger partial charge in [-0.2, -0.15) is 0 Å². The fourth-order valence-electron chi connectivity index (χ4n) is 2.07. The third kappa shape index (κ3) is 4.77. The highest BCUT2D eigenvalue weighted by Crippen LogP contribution is 2.25. The van der Waals surface area contributed by atoms with E-state index in [1.165, 1.54) is 0 Å². The maximum atomic E-state index is 10.9. The topological polar surface area (TPSA) is 67.2 Å². The van der Waals surface area contributed by atoms with Crippen LogP contribution in [0.3, 0.4) is 0 Å². The summed E-state index contributed by atoms with van der Waals surface area (Å²) in [5, 5.41) is 17.4. The van der Waals surface area contributed by atoms with Crippen LogP contribution in [0, 0.1) is 10.1 Å². The molecule has 19 heavy (non-hydrogen) atoms. The van der Waals surface area contributed by atoms with Gasteiger partial charge in [-0.15, -0.1) is 0 Å². The van der Waals surface area contributed by atoms with Gasteiger partial charge in [0, 0.05) is 36.1 Å². The van der Waals surface area contributed by atoms with Crippen molar-refractivity contribution in [3.8, 4) is 0 Å². The summed E-state index contributed by atoms with van der Waals surface area (Å²) in [6, 6.07) is 5.45. The van der Waals surface area contributed by atoms with Gasteiger partial charge in [-0.25, -0.2) is 0 Å². The number of nitro groups is 1. The van der Waals surface area contributed by atoms with Gasteiger partial charge in [0.25, 0.3) is 5.69 Å². The van der Waals surface area contributed by atoms with E-state index >= 15 is 0 Å². The van der Waals surface area contributed by atoms with E-state index in [0.717, 1.165) is 37.2 Å². The summed E-state index contributed by atoms with van der Waals surface area (Å²) in [5.74, 6) is 0. The highest BCUT2D eigenvalue weighted by Gasteiger charge is 2.12. The molecule has 0 aliphatic heterocycles. The summed E-state index contributed by atoms with van der Waals surface area (Å²) >= 11 is 0. The van der Waals surface area contributed by atoms with Gasteiger partial charge in [0.1, 0.15) is 0 Å². The summed E-state index contributed by atoms with van der Waals surface area (Å²) < 4.78 is 0. The van der Waals surface area contributed by atoms with Gasteiger partial charge < -0.3 is 10.6 Å². The quantitative estimate of drug-likeness (QED) is 0.550. The zero-order valence-corrected chi connectivity index (χ0v) is 11.9. The number of hydrogen-bond acceptors (Lipinski definition) is 4. The van der Waals surface area contributed by atoms with Crippen LogP contribution in [0.25, 0.3) is 0 Å². The lowest BCUT2D eigenvalue weighted by Crippen LogP contribution is -2.18. The Morgan fingerprint density at radius 1 is 1.21 bits per heavy atom. The van der Waals surface area contributed by atoms with E-state index in [0.29, 0.717) is 6.04 Å². The molecule has 0 aliphatic rings. The van der Waals surface area contributed by atoms with Gasteiger partial charge in [-0.3, -0.25) is 10.1 Å². The van der Waals surface area contributed by atoms with E-state index in [2.05, 4.69) is 24.5 Å². The van der Waals surface area contributed by atoms with Crippen LogP contribution in [0.5, 0.6) is 0 Å². The van der Waals surface area contributed by atoms with E-state index in [1.807, 2.05) is 13.0 Å². The monoisotopic (exact) mass is 265 g/mol. The molecular weight excluding hydrogens is 242 g/mol. The van der Waals surface area contributed by atoms with Crippen LogP contribution in [-0.2, 0) is 0 Å². The zero-order chi connectivity index (χ0) is 14.3. The second kappa shape index (κ2) is 7.61. The average Bonchev–Trinajstić information content (AvgIpc) is 2.38. The molecule has 0 saturated heterocycles. The summed E-state index contributed by atoms with van der Waals surface area (Å²) in [4.78, 5) is 10.6. The number of benzene rings is 1. The molecule has 0 bridgehead atoms. The minimum absolute atomic E-state index is 0.118. The third-order valence-corrected chi connectivity index (χ3v) is 3.01. The van der Waals surface area contributed by atoms with Crippen molar-refractivity contribution in [2.24, 2.45) is 0 Å². The molecule has 0 aliphatic carbocycles. The maximum Gasteiger partial charge on any atom is 0.273 e. The first-order valence-electron chi connectivity index (χ1n) is 6.90. The lowest BCUT2D eigenvalue weighted by molar-refractivity contribution is -0.384. The van der Waals surface area contributed by atoms with E-state index in [4.69, 9.17) is 0 Å². The van der Waals surface area contributed by atoms with E-state index in [-0.39, 0.29) is 10.6 Å². The van der Waals surface area contributed by atoms with Gasteiger partial charge in [0.05, 0.1) is 4.92 Å². The van der Waals surface area contributed by atoms with Gasteiger partial charge in [-0.1, -0.05) is 20.3 Å². The lowest BCUT2D eigenvalue weighted by atomic mass is 10.1. The molecule has 0 saturated carbocycles. The highest BCUT2D eigenvalue weighted by molar-refractivity contribution is 5.63. The maximum absolute atomic E-state index is 10.9. The normalized spacial score (nSPS) is 11.9. The molecule has 0 spiro atoms. The van der Waals surface area contributed by atoms with Crippen molar-refractivity contribution in [3.63, 3.8) is 0 Å². The van der Waals surface area contributed by atoms with Gasteiger partial charge in [0.2, 0.25) is 0 Å². The minimum Gasteiger partial charge on any atom is -0.385 e. The van der Waals surface area contributed by atoms with Crippen molar-refractivity contribution in [2.75, 3.05) is 17.2 Å². The molecule has 0 radical (unpaired) electrons. The Morgan fingerprint density at radius 3 is 2.42 bits per heavy atom. The van der Waals surface area contributed by atoms with Crippen LogP contribution in [0.2, 0.25) is 0 Å². The summed E-state index contributed by atoms with van der Waals surface area (Å²) in [6.45, 7) is 6.97. The number of non-ortho nitro benzene ring substituents is 1. The van der Waals surface area contributed by atoms with E-state index < -0.39 is 0 Å². The Kier molecular flexibility index (Phi) is 6.12. The second-order valence-corrected chi connectivity index (χ2v) is 4.59. The van der Waals surface area contributed by atoms with Gasteiger partial charge in [0.15, 0.2) is 0 Å². The molecule has 0 amide bonds. The lowest BCUT2D eigenvalue weighted by Gasteiger charge is -2.18. The molecule has 1 atom stereocenters. The molecule has 0 heterocycles. The van der Waals surface area contributed by atoms with Crippen LogP contribution in [-0.4, -0.2) is 17.5 Å². The van der Waals surface area contributed by atoms with E-state index in [9.17, 15) is 10.1 Å². The highest BCUT2D eigenvalue weighted by atomic mass is 16.6. The van der Waals surface area contributed by atoms with Gasteiger partial charge in [-0.05, 0) is 25.8 Å². The fourth-order valence-corrected chi connectivity index (χ4v) is 2.07. The van der Waals surface area contributed by atoms with Crippen LogP contribution >= 0.6 is 0 Å². The molecule has 5 heteroatoms. The van der Waals surface area contributed by atoms with Gasteiger partial charge >= 0.3 is 0 Å². The number of anilines is 2. The van der Waals surface area contributed by atoms with Crippen molar-refractivity contribution < 1.29 is 4.92 Å².